The Hall–Kier alpha value is -2.45. The minimum Gasteiger partial charge on any atom is -0.466 e. The van der Waals surface area contributed by atoms with Gasteiger partial charge in [-0.25, -0.2) is 4.39 Å². The Balaban J connectivity index is 1.51. The molecule has 0 unspecified atom stereocenters. The molecule has 4 rings (SSSR count). The number of halogens is 1. The number of aryl methyl sites for hydroxylation is 1. The zero-order valence-corrected chi connectivity index (χ0v) is 19.7. The summed E-state index contributed by atoms with van der Waals surface area (Å²) in [5.41, 5.74) is 2.27. The molecule has 2 heterocycles. The van der Waals surface area contributed by atoms with Crippen molar-refractivity contribution in [1.29, 1.82) is 0 Å². The van der Waals surface area contributed by atoms with Gasteiger partial charge in [0, 0.05) is 36.0 Å². The predicted octanol–water partition coefficient (Wildman–Crippen LogP) is 4.08. The number of thiol groups is 1. The topological polar surface area (TPSA) is 64.4 Å². The number of carbonyl (C=O) groups is 2. The Bertz CT molecular complexity index is 1030. The monoisotopic (exact) mass is 471 g/mol. The van der Waals surface area contributed by atoms with Crippen LogP contribution < -0.4 is 0 Å². The summed E-state index contributed by atoms with van der Waals surface area (Å²) in [6.45, 7) is 3.81. The Kier molecular flexibility index (Phi) is 7.65. The number of esters is 1. The van der Waals surface area contributed by atoms with Crippen molar-refractivity contribution >= 4 is 30.5 Å². The van der Waals surface area contributed by atoms with Gasteiger partial charge in [-0.2, -0.15) is 17.7 Å². The molecule has 33 heavy (non-hydrogen) atoms. The lowest BCUT2D eigenvalue weighted by molar-refractivity contribution is -0.143. The molecule has 1 saturated heterocycles. The first kappa shape index (κ1) is 23.7. The molecule has 0 spiro atoms. The van der Waals surface area contributed by atoms with Crippen LogP contribution in [0.4, 0.5) is 4.39 Å². The van der Waals surface area contributed by atoms with Crippen LogP contribution in [0.15, 0.2) is 42.1 Å². The molecule has 1 saturated carbocycles. The number of hydrogen-bond acceptors (Lipinski definition) is 6. The minimum absolute atomic E-state index is 0.0332. The zero-order chi connectivity index (χ0) is 23.4. The first-order valence-corrected chi connectivity index (χ1v) is 12.1. The van der Waals surface area contributed by atoms with E-state index in [9.17, 15) is 14.0 Å². The number of rotatable bonds is 9. The van der Waals surface area contributed by atoms with Crippen LogP contribution in [-0.2, 0) is 20.9 Å². The number of aromatic nitrogens is 2. The molecule has 6 nitrogen and oxygen atoms in total. The lowest BCUT2D eigenvalue weighted by atomic mass is 9.93. The van der Waals surface area contributed by atoms with Crippen LogP contribution in [0, 0.1) is 11.7 Å². The van der Waals surface area contributed by atoms with Gasteiger partial charge in [0.05, 0.1) is 31.3 Å². The number of nitrogens with zero attached hydrogens (tertiary/aromatic N) is 3. The van der Waals surface area contributed by atoms with Crippen LogP contribution in [0.5, 0.6) is 0 Å². The van der Waals surface area contributed by atoms with E-state index in [1.165, 1.54) is 6.07 Å². The molecule has 2 aliphatic rings. The van der Waals surface area contributed by atoms with Crippen molar-refractivity contribution in [1.82, 2.24) is 14.7 Å². The van der Waals surface area contributed by atoms with E-state index in [-0.39, 0.29) is 35.2 Å². The van der Waals surface area contributed by atoms with Gasteiger partial charge in [-0.05, 0) is 50.0 Å². The third-order valence-electron chi connectivity index (χ3n) is 6.16. The second kappa shape index (κ2) is 10.7. The number of benzene rings is 1. The highest BCUT2D eigenvalue weighted by atomic mass is 32.1. The smallest absolute Gasteiger partial charge is 0.307 e. The highest BCUT2D eigenvalue weighted by molar-refractivity contribution is 7.81. The van der Waals surface area contributed by atoms with E-state index in [4.69, 9.17) is 17.4 Å². The maximum absolute atomic E-state index is 14.7. The molecule has 0 radical (unpaired) electrons. The standard InChI is InChI=1S/C25H30FN3O3S/c1-2-32-23(30)11-14-29-13-9-19(27-29)15-18-16-28(12-10-22(18)33)24(25(31)17-7-8-17)20-5-3-4-6-21(20)26/h3-6,9,13,15,17,22,24,33H,2,7-8,10-12,14,16H2,1H3/b18-15-/t22-,24+/m1/s1. The van der Waals surface area contributed by atoms with Crippen molar-refractivity contribution in [2.75, 3.05) is 19.7 Å². The quantitative estimate of drug-likeness (QED) is 0.441. The number of Topliss-reactive ketones (excluding diaryl/α,β-unsaturated/α-hetero) is 1. The van der Waals surface area contributed by atoms with Gasteiger partial charge in [-0.3, -0.25) is 19.2 Å². The summed E-state index contributed by atoms with van der Waals surface area (Å²) in [6.07, 6.45) is 6.63. The number of piperidine rings is 1. The Morgan fingerprint density at radius 3 is 2.79 bits per heavy atom. The summed E-state index contributed by atoms with van der Waals surface area (Å²) in [4.78, 5) is 26.8. The van der Waals surface area contributed by atoms with E-state index in [0.717, 1.165) is 30.5 Å². The maximum atomic E-state index is 14.7. The molecule has 1 aromatic heterocycles. The molecule has 1 aromatic carbocycles. The van der Waals surface area contributed by atoms with E-state index in [1.807, 2.05) is 18.3 Å². The molecular formula is C25H30FN3O3S. The van der Waals surface area contributed by atoms with Gasteiger partial charge in [0.25, 0.3) is 0 Å². The molecule has 0 N–H and O–H groups in total. The van der Waals surface area contributed by atoms with Gasteiger partial charge >= 0.3 is 5.97 Å². The fourth-order valence-corrected chi connectivity index (χ4v) is 4.55. The van der Waals surface area contributed by atoms with E-state index in [1.54, 1.807) is 29.8 Å². The molecule has 2 atom stereocenters. The molecule has 176 valence electrons. The summed E-state index contributed by atoms with van der Waals surface area (Å²) in [5, 5.41) is 4.58. The van der Waals surface area contributed by atoms with E-state index in [2.05, 4.69) is 10.00 Å². The molecule has 1 aliphatic heterocycles. The van der Waals surface area contributed by atoms with Crippen LogP contribution in [0.1, 0.15) is 49.9 Å². The number of hydrogen-bond donors (Lipinski definition) is 1. The van der Waals surface area contributed by atoms with Crippen LogP contribution in [0.25, 0.3) is 6.08 Å². The summed E-state index contributed by atoms with van der Waals surface area (Å²) >= 11 is 4.76. The SMILES string of the molecule is CCOC(=O)CCn1ccc(/C=C2/CN([C@H](C(=O)C3CC3)c3ccccc3F)CC[C@H]2S)n1. The highest BCUT2D eigenvalue weighted by Crippen LogP contribution is 2.39. The summed E-state index contributed by atoms with van der Waals surface area (Å²) < 4.78 is 21.4. The second-order valence-corrected chi connectivity index (χ2v) is 9.28. The van der Waals surface area contributed by atoms with Crippen molar-refractivity contribution in [2.45, 2.75) is 50.4 Å². The van der Waals surface area contributed by atoms with E-state index >= 15 is 0 Å². The van der Waals surface area contributed by atoms with Crippen molar-refractivity contribution in [3.8, 4) is 0 Å². The maximum Gasteiger partial charge on any atom is 0.307 e. The van der Waals surface area contributed by atoms with Gasteiger partial charge in [-0.15, -0.1) is 0 Å². The van der Waals surface area contributed by atoms with Gasteiger partial charge in [0.1, 0.15) is 5.82 Å². The van der Waals surface area contributed by atoms with E-state index < -0.39 is 6.04 Å². The second-order valence-electron chi connectivity index (χ2n) is 8.65. The normalized spacial score (nSPS) is 21.2. The molecule has 0 bridgehead atoms. The predicted molar refractivity (Wildman–Crippen MR) is 127 cm³/mol. The Labute approximate surface area is 199 Å². The van der Waals surface area contributed by atoms with Gasteiger partial charge in [-0.1, -0.05) is 18.2 Å². The van der Waals surface area contributed by atoms with Crippen molar-refractivity contribution in [2.24, 2.45) is 5.92 Å². The Morgan fingerprint density at radius 1 is 1.27 bits per heavy atom. The average molecular weight is 472 g/mol. The lowest BCUT2D eigenvalue weighted by Crippen LogP contribution is -2.42. The van der Waals surface area contributed by atoms with Crippen LogP contribution in [0.2, 0.25) is 0 Å². The molecule has 1 aliphatic carbocycles. The summed E-state index contributed by atoms with van der Waals surface area (Å²) in [6, 6.07) is 7.90. The van der Waals surface area contributed by atoms with Crippen LogP contribution in [0.3, 0.4) is 0 Å². The summed E-state index contributed by atoms with van der Waals surface area (Å²) in [5.74, 6) is -0.438. The first-order chi connectivity index (χ1) is 16.0. The van der Waals surface area contributed by atoms with E-state index in [0.29, 0.717) is 31.8 Å². The largest absolute Gasteiger partial charge is 0.466 e. The number of likely N-dealkylation sites (tertiary alicyclic amines) is 1. The molecule has 8 heteroatoms. The number of carbonyl (C=O) groups excluding carboxylic acids is 2. The first-order valence-electron chi connectivity index (χ1n) is 11.6. The lowest BCUT2D eigenvalue weighted by Gasteiger charge is -2.37. The van der Waals surface area contributed by atoms with Crippen molar-refractivity contribution in [3.05, 3.63) is 59.2 Å². The fourth-order valence-electron chi connectivity index (χ4n) is 4.28. The molecule has 2 fully saturated rings. The molecule has 0 amide bonds. The van der Waals surface area contributed by atoms with Crippen LogP contribution >= 0.6 is 12.6 Å². The Morgan fingerprint density at radius 2 is 2.06 bits per heavy atom. The van der Waals surface area contributed by atoms with Crippen molar-refractivity contribution in [3.63, 3.8) is 0 Å². The highest BCUT2D eigenvalue weighted by Gasteiger charge is 2.40. The van der Waals surface area contributed by atoms with Crippen LogP contribution in [-0.4, -0.2) is 51.4 Å². The summed E-state index contributed by atoms with van der Waals surface area (Å²) in [7, 11) is 0. The van der Waals surface area contributed by atoms with Crippen molar-refractivity contribution < 1.29 is 18.7 Å². The fraction of sp³-hybridized carbons (Fsp3) is 0.480. The van der Waals surface area contributed by atoms with Gasteiger partial charge in [0.2, 0.25) is 0 Å². The average Bonchev–Trinajstić information content (AvgIpc) is 3.56. The van der Waals surface area contributed by atoms with Gasteiger partial charge < -0.3 is 4.74 Å². The zero-order valence-electron chi connectivity index (χ0n) is 18.8. The number of ketones is 1. The van der Waals surface area contributed by atoms with Gasteiger partial charge in [0.15, 0.2) is 5.78 Å². The third kappa shape index (κ3) is 5.92. The minimum atomic E-state index is -0.579. The third-order valence-corrected chi connectivity index (χ3v) is 6.75. The molecular weight excluding hydrogens is 441 g/mol. The molecule has 2 aromatic rings. The number of ether oxygens (including phenoxy) is 1.